The first kappa shape index (κ1) is 16.5. The van der Waals surface area contributed by atoms with E-state index in [9.17, 15) is 4.79 Å². The lowest BCUT2D eigenvalue weighted by molar-refractivity contribution is -0.156. The highest BCUT2D eigenvalue weighted by atomic mass is 16.5. The number of aromatic nitrogens is 2. The number of carbonyl (C=O) groups is 1. The van der Waals surface area contributed by atoms with Crippen LogP contribution in [0.25, 0.3) is 0 Å². The standard InChI is InChI=1S/C18H29N3O2/c1-4-23-16-11-15(18(16)8-6-5-7-9-18)19-17(22)10-14-12(2)20-21-13(14)3/h15-16H,4-11H2,1-3H3,(H,19,22)(H,20,21)/t15-,16-/m1/s1. The molecule has 23 heavy (non-hydrogen) atoms. The largest absolute Gasteiger partial charge is 0.378 e. The van der Waals surface area contributed by atoms with Gasteiger partial charge in [0.1, 0.15) is 0 Å². The van der Waals surface area contributed by atoms with Crippen LogP contribution >= 0.6 is 0 Å². The van der Waals surface area contributed by atoms with Gasteiger partial charge >= 0.3 is 0 Å². The van der Waals surface area contributed by atoms with Crippen LogP contribution in [0.15, 0.2) is 0 Å². The summed E-state index contributed by atoms with van der Waals surface area (Å²) in [6.07, 6.45) is 7.91. The second-order valence-corrected chi connectivity index (χ2v) is 7.18. The van der Waals surface area contributed by atoms with Crippen LogP contribution in [0.3, 0.4) is 0 Å². The van der Waals surface area contributed by atoms with E-state index in [0.29, 0.717) is 12.5 Å². The Labute approximate surface area is 138 Å². The van der Waals surface area contributed by atoms with Crippen LogP contribution in [-0.2, 0) is 16.0 Å². The van der Waals surface area contributed by atoms with E-state index in [1.54, 1.807) is 0 Å². The maximum atomic E-state index is 12.5. The first-order chi connectivity index (χ1) is 11.1. The Bertz CT molecular complexity index is 541. The summed E-state index contributed by atoms with van der Waals surface area (Å²) in [5, 5.41) is 10.4. The number of hydrogen-bond donors (Lipinski definition) is 2. The Hall–Kier alpha value is -1.36. The Morgan fingerprint density at radius 1 is 1.35 bits per heavy atom. The zero-order valence-corrected chi connectivity index (χ0v) is 14.6. The molecule has 0 bridgehead atoms. The maximum Gasteiger partial charge on any atom is 0.224 e. The van der Waals surface area contributed by atoms with Crippen LogP contribution in [0.4, 0.5) is 0 Å². The number of nitrogens with one attached hydrogen (secondary N) is 2. The summed E-state index contributed by atoms with van der Waals surface area (Å²) in [6.45, 7) is 6.75. The molecule has 1 spiro atoms. The maximum absolute atomic E-state index is 12.5. The van der Waals surface area contributed by atoms with E-state index in [1.165, 1.54) is 32.1 Å². The van der Waals surface area contributed by atoms with Crippen molar-refractivity contribution in [3.8, 4) is 0 Å². The molecule has 2 atom stereocenters. The summed E-state index contributed by atoms with van der Waals surface area (Å²) >= 11 is 0. The van der Waals surface area contributed by atoms with Crippen molar-refractivity contribution in [1.82, 2.24) is 15.5 Å². The summed E-state index contributed by atoms with van der Waals surface area (Å²) in [5.41, 5.74) is 3.13. The minimum Gasteiger partial charge on any atom is -0.378 e. The molecule has 0 saturated heterocycles. The molecule has 0 radical (unpaired) electrons. The van der Waals surface area contributed by atoms with E-state index in [4.69, 9.17) is 4.74 Å². The van der Waals surface area contributed by atoms with Crippen molar-refractivity contribution >= 4 is 5.91 Å². The molecule has 1 aromatic heterocycles. The second-order valence-electron chi connectivity index (χ2n) is 7.18. The second kappa shape index (κ2) is 6.63. The lowest BCUT2D eigenvalue weighted by atomic mass is 9.55. The molecule has 128 valence electrons. The Balaban J connectivity index is 1.64. The van der Waals surface area contributed by atoms with Crippen molar-refractivity contribution < 1.29 is 9.53 Å². The summed E-state index contributed by atoms with van der Waals surface area (Å²) in [5.74, 6) is 0.113. The van der Waals surface area contributed by atoms with Crippen LogP contribution in [0, 0.1) is 19.3 Å². The van der Waals surface area contributed by atoms with Crippen molar-refractivity contribution in [2.24, 2.45) is 5.41 Å². The van der Waals surface area contributed by atoms with Crippen LogP contribution in [0.5, 0.6) is 0 Å². The number of nitrogens with zero attached hydrogens (tertiary/aromatic N) is 1. The molecule has 2 fully saturated rings. The average molecular weight is 319 g/mol. The van der Waals surface area contributed by atoms with Gasteiger partial charge in [-0.05, 0) is 40.0 Å². The number of amides is 1. The van der Waals surface area contributed by atoms with Gasteiger partial charge < -0.3 is 10.1 Å². The van der Waals surface area contributed by atoms with Gasteiger partial charge in [0.05, 0.1) is 18.2 Å². The van der Waals surface area contributed by atoms with Crippen molar-refractivity contribution in [3.05, 3.63) is 17.0 Å². The molecule has 0 aromatic carbocycles. The van der Waals surface area contributed by atoms with Crippen LogP contribution in [-0.4, -0.2) is 34.9 Å². The lowest BCUT2D eigenvalue weighted by Gasteiger charge is -2.57. The predicted molar refractivity (Wildman–Crippen MR) is 89.2 cm³/mol. The van der Waals surface area contributed by atoms with Gasteiger partial charge in [0.25, 0.3) is 0 Å². The summed E-state index contributed by atoms with van der Waals surface area (Å²) in [6, 6.07) is 0.277. The van der Waals surface area contributed by atoms with Crippen molar-refractivity contribution in [1.29, 1.82) is 0 Å². The van der Waals surface area contributed by atoms with E-state index in [0.717, 1.165) is 30.0 Å². The Morgan fingerprint density at radius 3 is 2.70 bits per heavy atom. The average Bonchev–Trinajstić information content (AvgIpc) is 2.86. The third-order valence-electron chi connectivity index (χ3n) is 5.89. The van der Waals surface area contributed by atoms with Gasteiger partial charge in [-0.15, -0.1) is 0 Å². The van der Waals surface area contributed by atoms with Crippen molar-refractivity contribution in [2.45, 2.75) is 77.9 Å². The quantitative estimate of drug-likeness (QED) is 0.877. The first-order valence-corrected chi connectivity index (χ1v) is 8.98. The third-order valence-corrected chi connectivity index (χ3v) is 5.89. The molecule has 1 aromatic rings. The van der Waals surface area contributed by atoms with Crippen LogP contribution < -0.4 is 5.32 Å². The molecule has 1 amide bonds. The van der Waals surface area contributed by atoms with E-state index >= 15 is 0 Å². The number of H-pyrrole nitrogens is 1. The predicted octanol–water partition coefficient (Wildman–Crippen LogP) is 2.81. The molecule has 0 aliphatic heterocycles. The first-order valence-electron chi connectivity index (χ1n) is 8.98. The molecule has 1 heterocycles. The minimum atomic E-state index is 0.113. The number of hydrogen-bond acceptors (Lipinski definition) is 3. The molecule has 2 N–H and O–H groups in total. The van der Waals surface area contributed by atoms with E-state index < -0.39 is 0 Å². The Kier molecular flexibility index (Phi) is 4.76. The molecule has 3 rings (SSSR count). The summed E-state index contributed by atoms with van der Waals surface area (Å²) in [7, 11) is 0. The van der Waals surface area contributed by atoms with Crippen LogP contribution in [0.2, 0.25) is 0 Å². The molecular formula is C18H29N3O2. The molecule has 2 aliphatic rings. The van der Waals surface area contributed by atoms with Crippen molar-refractivity contribution in [2.75, 3.05) is 6.61 Å². The van der Waals surface area contributed by atoms with Gasteiger partial charge in [-0.25, -0.2) is 0 Å². The smallest absolute Gasteiger partial charge is 0.224 e. The highest BCUT2D eigenvalue weighted by molar-refractivity contribution is 5.79. The molecule has 2 aliphatic carbocycles. The van der Waals surface area contributed by atoms with Gasteiger partial charge in [0.2, 0.25) is 5.91 Å². The fourth-order valence-electron chi connectivity index (χ4n) is 4.51. The van der Waals surface area contributed by atoms with Crippen molar-refractivity contribution in [3.63, 3.8) is 0 Å². The van der Waals surface area contributed by atoms with Gasteiger partial charge in [0.15, 0.2) is 0 Å². The summed E-state index contributed by atoms with van der Waals surface area (Å²) < 4.78 is 5.96. The minimum absolute atomic E-state index is 0.113. The van der Waals surface area contributed by atoms with Gasteiger partial charge in [0, 0.05) is 29.3 Å². The van der Waals surface area contributed by atoms with Gasteiger partial charge in [-0.2, -0.15) is 5.10 Å². The SMILES string of the molecule is CCO[C@@H]1C[C@@H](NC(=O)Cc2c(C)n[nH]c2C)C12CCCCC2. The fourth-order valence-corrected chi connectivity index (χ4v) is 4.51. The molecule has 2 saturated carbocycles. The third kappa shape index (κ3) is 3.03. The molecule has 5 nitrogen and oxygen atoms in total. The lowest BCUT2D eigenvalue weighted by Crippen LogP contribution is -2.65. The number of rotatable bonds is 5. The van der Waals surface area contributed by atoms with E-state index in [1.807, 2.05) is 13.8 Å². The number of ether oxygens (including phenoxy) is 1. The fraction of sp³-hybridized carbons (Fsp3) is 0.778. The van der Waals surface area contributed by atoms with Gasteiger partial charge in [-0.3, -0.25) is 9.89 Å². The highest BCUT2D eigenvalue weighted by Gasteiger charge is 2.56. The topological polar surface area (TPSA) is 67.0 Å². The summed E-state index contributed by atoms with van der Waals surface area (Å²) in [4.78, 5) is 12.5. The molecule has 0 unspecified atom stereocenters. The molecular weight excluding hydrogens is 290 g/mol. The number of aryl methyl sites for hydroxylation is 2. The number of aromatic amines is 1. The zero-order chi connectivity index (χ0) is 16.4. The van der Waals surface area contributed by atoms with E-state index in [2.05, 4.69) is 22.4 Å². The van der Waals surface area contributed by atoms with Crippen LogP contribution in [0.1, 0.15) is 62.4 Å². The zero-order valence-electron chi connectivity index (χ0n) is 14.6. The van der Waals surface area contributed by atoms with Gasteiger partial charge in [-0.1, -0.05) is 19.3 Å². The number of carbonyl (C=O) groups excluding carboxylic acids is 1. The molecule has 5 heteroatoms. The Morgan fingerprint density at radius 2 is 2.09 bits per heavy atom. The monoisotopic (exact) mass is 319 g/mol. The van der Waals surface area contributed by atoms with E-state index in [-0.39, 0.29) is 17.4 Å². The normalized spacial score (nSPS) is 26.0. The highest BCUT2D eigenvalue weighted by Crippen LogP contribution is 2.53.